The van der Waals surface area contributed by atoms with Crippen LogP contribution in [0.5, 0.6) is 0 Å². The Hall–Kier alpha value is -1.78. The third-order valence-electron chi connectivity index (χ3n) is 3.79. The predicted molar refractivity (Wildman–Crippen MR) is 70.7 cm³/mol. The number of nitrogens with one attached hydrogen (secondary N) is 1. The second-order valence-corrected chi connectivity index (χ2v) is 5.60. The molecule has 1 atom stereocenters. The van der Waals surface area contributed by atoms with Gasteiger partial charge in [0.1, 0.15) is 12.2 Å². The van der Waals surface area contributed by atoms with Crippen molar-refractivity contribution in [3.63, 3.8) is 0 Å². The fourth-order valence-corrected chi connectivity index (χ4v) is 2.80. The van der Waals surface area contributed by atoms with Gasteiger partial charge in [0, 0.05) is 19.2 Å². The molecule has 1 N–H and O–H groups in total. The lowest BCUT2D eigenvalue weighted by molar-refractivity contribution is -0.144. The highest BCUT2D eigenvalue weighted by atomic mass is 19.4. The standard InChI is InChI=1S/C13H16F6N4O/c1-22-10(13(17,18)19)8(5-21-22)6-23-4-2-3-9(23)11(24)20-7-12(14,15)16/h5,9H,2-4,6-7H2,1H3,(H,20,24). The molecule has 1 aromatic rings. The molecule has 2 heterocycles. The Labute approximate surface area is 133 Å². The number of likely N-dealkylation sites (tertiary alicyclic amines) is 1. The van der Waals surface area contributed by atoms with E-state index >= 15 is 0 Å². The van der Waals surface area contributed by atoms with Crippen molar-refractivity contribution in [3.8, 4) is 0 Å². The van der Waals surface area contributed by atoms with Crippen LogP contribution in [0.15, 0.2) is 6.20 Å². The van der Waals surface area contributed by atoms with Crippen molar-refractivity contribution in [3.05, 3.63) is 17.5 Å². The molecule has 1 amide bonds. The number of nitrogens with zero attached hydrogens (tertiary/aromatic N) is 3. The van der Waals surface area contributed by atoms with Crippen LogP contribution < -0.4 is 5.32 Å². The molecule has 24 heavy (non-hydrogen) atoms. The van der Waals surface area contributed by atoms with E-state index in [0.29, 0.717) is 24.1 Å². The van der Waals surface area contributed by atoms with Crippen LogP contribution in [0.4, 0.5) is 26.3 Å². The van der Waals surface area contributed by atoms with E-state index in [1.807, 2.05) is 0 Å². The van der Waals surface area contributed by atoms with Crippen LogP contribution >= 0.6 is 0 Å². The molecule has 0 aromatic carbocycles. The van der Waals surface area contributed by atoms with Crippen molar-refractivity contribution in [2.75, 3.05) is 13.1 Å². The Kier molecular flexibility index (Phi) is 5.11. The predicted octanol–water partition coefficient (Wildman–Crippen LogP) is 2.08. The van der Waals surface area contributed by atoms with Gasteiger partial charge in [-0.05, 0) is 19.4 Å². The molecule has 1 saturated heterocycles. The molecule has 5 nitrogen and oxygen atoms in total. The summed E-state index contributed by atoms with van der Waals surface area (Å²) in [7, 11) is 1.16. The fourth-order valence-electron chi connectivity index (χ4n) is 2.80. The zero-order chi connectivity index (χ0) is 18.1. The van der Waals surface area contributed by atoms with Gasteiger partial charge in [0.15, 0.2) is 0 Å². The molecular formula is C13H16F6N4O. The van der Waals surface area contributed by atoms with Crippen molar-refractivity contribution in [2.24, 2.45) is 7.05 Å². The Morgan fingerprint density at radius 3 is 2.58 bits per heavy atom. The van der Waals surface area contributed by atoms with Gasteiger partial charge in [0.25, 0.3) is 0 Å². The first-order valence-electron chi connectivity index (χ1n) is 7.15. The lowest BCUT2D eigenvalue weighted by Gasteiger charge is -2.24. The number of hydrogen-bond acceptors (Lipinski definition) is 3. The lowest BCUT2D eigenvalue weighted by atomic mass is 10.1. The maximum Gasteiger partial charge on any atom is 0.433 e. The van der Waals surface area contributed by atoms with Crippen LogP contribution in [0.25, 0.3) is 0 Å². The van der Waals surface area contributed by atoms with Crippen LogP contribution in [0, 0.1) is 0 Å². The lowest BCUT2D eigenvalue weighted by Crippen LogP contribution is -2.45. The number of rotatable bonds is 4. The van der Waals surface area contributed by atoms with Crippen LogP contribution in [0.1, 0.15) is 24.1 Å². The van der Waals surface area contributed by atoms with Gasteiger partial charge in [0.05, 0.1) is 12.2 Å². The van der Waals surface area contributed by atoms with Crippen molar-refractivity contribution in [2.45, 2.75) is 37.8 Å². The molecule has 1 aliphatic heterocycles. The van der Waals surface area contributed by atoms with Gasteiger partial charge in [-0.1, -0.05) is 0 Å². The van der Waals surface area contributed by atoms with Crippen molar-refractivity contribution in [1.82, 2.24) is 20.0 Å². The van der Waals surface area contributed by atoms with Crippen LogP contribution in [-0.2, 0) is 24.6 Å². The summed E-state index contributed by atoms with van der Waals surface area (Å²) in [5, 5.41) is 5.37. The van der Waals surface area contributed by atoms with Gasteiger partial charge in [-0.25, -0.2) is 0 Å². The number of carbonyl (C=O) groups excluding carboxylic acids is 1. The first-order valence-corrected chi connectivity index (χ1v) is 7.15. The minimum atomic E-state index is -4.60. The summed E-state index contributed by atoms with van der Waals surface area (Å²) in [5.41, 5.74) is -1.04. The van der Waals surface area contributed by atoms with E-state index in [9.17, 15) is 31.1 Å². The van der Waals surface area contributed by atoms with Crippen LogP contribution in [-0.4, -0.2) is 45.9 Å². The summed E-state index contributed by atoms with van der Waals surface area (Å²) in [6.07, 6.45) is -7.26. The number of hydrogen-bond donors (Lipinski definition) is 1. The molecule has 1 aromatic heterocycles. The summed E-state index contributed by atoms with van der Waals surface area (Å²) in [5.74, 6) is -0.831. The van der Waals surface area contributed by atoms with Gasteiger partial charge >= 0.3 is 12.4 Å². The average Bonchev–Trinajstić information content (AvgIpc) is 3.02. The van der Waals surface area contributed by atoms with Crippen LogP contribution in [0.2, 0.25) is 0 Å². The largest absolute Gasteiger partial charge is 0.433 e. The smallest absolute Gasteiger partial charge is 0.346 e. The third-order valence-corrected chi connectivity index (χ3v) is 3.79. The first kappa shape index (κ1) is 18.6. The quantitative estimate of drug-likeness (QED) is 0.839. The third kappa shape index (κ3) is 4.40. The molecule has 0 aliphatic carbocycles. The summed E-state index contributed by atoms with van der Waals surface area (Å²) < 4.78 is 76.3. The van der Waals surface area contributed by atoms with Crippen molar-refractivity contribution in [1.29, 1.82) is 0 Å². The highest BCUT2D eigenvalue weighted by molar-refractivity contribution is 5.82. The average molecular weight is 358 g/mol. The molecule has 136 valence electrons. The van der Waals surface area contributed by atoms with Gasteiger partial charge in [0.2, 0.25) is 5.91 Å². The summed E-state index contributed by atoms with van der Waals surface area (Å²) in [6.45, 7) is -1.33. The van der Waals surface area contributed by atoms with Gasteiger partial charge in [-0.2, -0.15) is 31.4 Å². The van der Waals surface area contributed by atoms with Gasteiger partial charge in [-0.3, -0.25) is 14.4 Å². The topological polar surface area (TPSA) is 50.2 Å². The summed E-state index contributed by atoms with van der Waals surface area (Å²) in [4.78, 5) is 13.3. The molecular weight excluding hydrogens is 342 g/mol. The molecule has 1 aliphatic rings. The SMILES string of the molecule is Cn1ncc(CN2CCCC2C(=O)NCC(F)(F)F)c1C(F)(F)F. The first-order chi connectivity index (χ1) is 11.0. The monoisotopic (exact) mass is 358 g/mol. The van der Waals surface area contributed by atoms with E-state index in [2.05, 4.69) is 5.10 Å². The van der Waals surface area contributed by atoms with E-state index in [1.54, 1.807) is 5.32 Å². The summed E-state index contributed by atoms with van der Waals surface area (Å²) in [6, 6.07) is -0.881. The molecule has 11 heteroatoms. The zero-order valence-corrected chi connectivity index (χ0v) is 12.7. The molecule has 2 rings (SSSR count). The summed E-state index contributed by atoms with van der Waals surface area (Å²) >= 11 is 0. The Bertz CT molecular complexity index is 594. The Morgan fingerprint density at radius 2 is 2.00 bits per heavy atom. The minimum absolute atomic E-state index is 0.111. The number of halogens is 6. The second kappa shape index (κ2) is 6.61. The highest BCUT2D eigenvalue weighted by Crippen LogP contribution is 2.33. The van der Waals surface area contributed by atoms with Gasteiger partial charge in [-0.15, -0.1) is 0 Å². The maximum atomic E-state index is 13.0. The normalized spacial score (nSPS) is 19.7. The number of aryl methyl sites for hydroxylation is 1. The van der Waals surface area contributed by atoms with E-state index in [-0.39, 0.29) is 12.1 Å². The number of aromatic nitrogens is 2. The maximum absolute atomic E-state index is 13.0. The molecule has 1 unspecified atom stereocenters. The van der Waals surface area contributed by atoms with E-state index in [0.717, 1.165) is 13.2 Å². The molecule has 0 saturated carbocycles. The second-order valence-electron chi connectivity index (χ2n) is 5.60. The zero-order valence-electron chi connectivity index (χ0n) is 12.7. The molecule has 0 bridgehead atoms. The molecule has 0 radical (unpaired) electrons. The highest BCUT2D eigenvalue weighted by Gasteiger charge is 2.39. The van der Waals surface area contributed by atoms with E-state index in [1.165, 1.54) is 4.90 Å². The van der Waals surface area contributed by atoms with E-state index in [4.69, 9.17) is 0 Å². The van der Waals surface area contributed by atoms with Crippen LogP contribution in [0.3, 0.4) is 0 Å². The number of amides is 1. The van der Waals surface area contributed by atoms with Crippen molar-refractivity contribution >= 4 is 5.91 Å². The molecule has 1 fully saturated rings. The Morgan fingerprint density at radius 1 is 1.33 bits per heavy atom. The number of carbonyl (C=O) groups is 1. The van der Waals surface area contributed by atoms with Gasteiger partial charge < -0.3 is 5.32 Å². The molecule has 0 spiro atoms. The minimum Gasteiger partial charge on any atom is -0.346 e. The van der Waals surface area contributed by atoms with Crippen molar-refractivity contribution < 1.29 is 31.1 Å². The van der Waals surface area contributed by atoms with E-state index < -0.39 is 36.5 Å². The number of alkyl halides is 6. The fraction of sp³-hybridized carbons (Fsp3) is 0.692. The Balaban J connectivity index is 2.08.